The summed E-state index contributed by atoms with van der Waals surface area (Å²) in [6.45, 7) is 4.51. The van der Waals surface area contributed by atoms with Crippen molar-refractivity contribution in [3.8, 4) is 0 Å². The van der Waals surface area contributed by atoms with Crippen LogP contribution in [0.2, 0.25) is 0 Å². The van der Waals surface area contributed by atoms with E-state index >= 15 is 0 Å². The number of benzene rings is 1. The lowest BCUT2D eigenvalue weighted by Crippen LogP contribution is -2.26. The Balaban J connectivity index is 1.96. The van der Waals surface area contributed by atoms with Gasteiger partial charge in [0.05, 0.1) is 0 Å². The summed E-state index contributed by atoms with van der Waals surface area (Å²) in [6, 6.07) is 8.86. The molecule has 2 aromatic rings. The van der Waals surface area contributed by atoms with E-state index in [9.17, 15) is 0 Å². The number of thiophene rings is 1. The van der Waals surface area contributed by atoms with E-state index in [1.165, 1.54) is 22.1 Å². The molecule has 18 heavy (non-hydrogen) atoms. The van der Waals surface area contributed by atoms with E-state index in [1.807, 2.05) is 23.1 Å². The van der Waals surface area contributed by atoms with E-state index < -0.39 is 0 Å². The zero-order chi connectivity index (χ0) is 13.0. The van der Waals surface area contributed by atoms with Gasteiger partial charge in [-0.05, 0) is 35.2 Å². The highest BCUT2D eigenvalue weighted by Gasteiger charge is 2.10. The van der Waals surface area contributed by atoms with Crippen LogP contribution < -0.4 is 5.73 Å². The van der Waals surface area contributed by atoms with Crippen molar-refractivity contribution in [2.24, 2.45) is 5.73 Å². The van der Waals surface area contributed by atoms with Crippen LogP contribution >= 0.6 is 23.1 Å². The van der Waals surface area contributed by atoms with Crippen molar-refractivity contribution in [2.75, 3.05) is 5.75 Å². The summed E-state index contributed by atoms with van der Waals surface area (Å²) in [4.78, 5) is 0. The summed E-state index contributed by atoms with van der Waals surface area (Å²) in [5.74, 6) is 1.05. The molecule has 0 radical (unpaired) electrons. The molecule has 2 N–H and O–H groups in total. The number of hydrogen-bond acceptors (Lipinski definition) is 3. The van der Waals surface area contributed by atoms with Gasteiger partial charge in [0, 0.05) is 21.7 Å². The highest BCUT2D eigenvalue weighted by Crippen LogP contribution is 2.27. The Hall–Kier alpha value is -0.510. The van der Waals surface area contributed by atoms with Gasteiger partial charge < -0.3 is 5.73 Å². The molecule has 1 nitrogen and oxygen atoms in total. The van der Waals surface area contributed by atoms with Gasteiger partial charge in [-0.3, -0.25) is 0 Å². The predicted molar refractivity (Wildman–Crippen MR) is 85.7 cm³/mol. The fourth-order valence-corrected chi connectivity index (χ4v) is 3.84. The second-order valence-electron chi connectivity index (χ2n) is 4.77. The monoisotopic (exact) mass is 279 g/mol. The Bertz CT molecular complexity index is 492. The highest BCUT2D eigenvalue weighted by atomic mass is 32.2. The molecule has 2 unspecified atom stereocenters. The third kappa shape index (κ3) is 3.50. The molecule has 0 bridgehead atoms. The lowest BCUT2D eigenvalue weighted by molar-refractivity contribution is 0.750. The average molecular weight is 279 g/mol. The predicted octanol–water partition coefficient (Wildman–Crippen LogP) is 4.30. The van der Waals surface area contributed by atoms with Crippen molar-refractivity contribution in [3.05, 3.63) is 35.2 Å². The molecule has 1 aromatic carbocycles. The van der Waals surface area contributed by atoms with E-state index in [2.05, 4.69) is 43.5 Å². The summed E-state index contributed by atoms with van der Waals surface area (Å²) >= 11 is 3.81. The molecule has 0 saturated heterocycles. The van der Waals surface area contributed by atoms with Crippen LogP contribution in [0.3, 0.4) is 0 Å². The molecular formula is C15H21NS2. The number of rotatable bonds is 6. The number of hydrogen-bond donors (Lipinski definition) is 1. The first-order chi connectivity index (χ1) is 8.70. The Morgan fingerprint density at radius 2 is 2.11 bits per heavy atom. The average Bonchev–Trinajstić information content (AvgIpc) is 2.79. The largest absolute Gasteiger partial charge is 0.327 e. The maximum atomic E-state index is 6.24. The highest BCUT2D eigenvalue weighted by molar-refractivity contribution is 7.99. The van der Waals surface area contributed by atoms with Crippen LogP contribution in [0.5, 0.6) is 0 Å². The molecule has 98 valence electrons. The molecule has 1 aromatic heterocycles. The molecule has 0 fully saturated rings. The lowest BCUT2D eigenvalue weighted by atomic mass is 10.1. The fourth-order valence-electron chi connectivity index (χ4n) is 1.94. The number of fused-ring (bicyclic) bond motifs is 1. The first-order valence-corrected chi connectivity index (χ1v) is 8.45. The van der Waals surface area contributed by atoms with E-state index in [4.69, 9.17) is 5.73 Å². The maximum Gasteiger partial charge on any atom is 0.0345 e. The minimum absolute atomic E-state index is 0.266. The van der Waals surface area contributed by atoms with Crippen LogP contribution in [0.1, 0.15) is 25.8 Å². The zero-order valence-electron chi connectivity index (χ0n) is 11.1. The Kier molecular flexibility index (Phi) is 5.10. The van der Waals surface area contributed by atoms with Crippen molar-refractivity contribution in [2.45, 2.75) is 38.0 Å². The summed E-state index contributed by atoms with van der Waals surface area (Å²) in [6.07, 6.45) is 2.21. The van der Waals surface area contributed by atoms with E-state index in [0.29, 0.717) is 0 Å². The summed E-state index contributed by atoms with van der Waals surface area (Å²) in [5, 5.41) is 4.36. The quantitative estimate of drug-likeness (QED) is 0.853. The molecule has 0 aliphatic rings. The van der Waals surface area contributed by atoms with Crippen LogP contribution in [-0.4, -0.2) is 17.0 Å². The van der Waals surface area contributed by atoms with Crippen LogP contribution in [0.4, 0.5) is 0 Å². The van der Waals surface area contributed by atoms with Gasteiger partial charge in [-0.15, -0.1) is 11.3 Å². The Morgan fingerprint density at radius 3 is 2.89 bits per heavy atom. The van der Waals surface area contributed by atoms with Crippen LogP contribution in [0, 0.1) is 0 Å². The van der Waals surface area contributed by atoms with Crippen molar-refractivity contribution in [1.29, 1.82) is 0 Å². The molecule has 0 amide bonds. The third-order valence-electron chi connectivity index (χ3n) is 3.21. The molecule has 2 atom stereocenters. The van der Waals surface area contributed by atoms with Gasteiger partial charge in [0.25, 0.3) is 0 Å². The molecule has 0 aliphatic heterocycles. The van der Waals surface area contributed by atoms with Gasteiger partial charge >= 0.3 is 0 Å². The second kappa shape index (κ2) is 6.60. The van der Waals surface area contributed by atoms with Gasteiger partial charge in [0.15, 0.2) is 0 Å². The van der Waals surface area contributed by atoms with Gasteiger partial charge in [-0.2, -0.15) is 11.8 Å². The van der Waals surface area contributed by atoms with Crippen LogP contribution in [-0.2, 0) is 6.42 Å². The molecule has 1 heterocycles. The number of nitrogens with two attached hydrogens (primary N) is 1. The van der Waals surface area contributed by atoms with Gasteiger partial charge in [0.1, 0.15) is 0 Å². The van der Waals surface area contributed by atoms with Crippen molar-refractivity contribution in [3.63, 3.8) is 0 Å². The molecular weight excluding hydrogens is 258 g/mol. The lowest BCUT2D eigenvalue weighted by Gasteiger charge is -2.14. The van der Waals surface area contributed by atoms with E-state index in [1.54, 1.807) is 0 Å². The maximum absolute atomic E-state index is 6.24. The summed E-state index contributed by atoms with van der Waals surface area (Å²) in [7, 11) is 0. The second-order valence-corrected chi connectivity index (χ2v) is 7.16. The van der Waals surface area contributed by atoms with Gasteiger partial charge in [-0.1, -0.05) is 32.0 Å². The van der Waals surface area contributed by atoms with E-state index in [0.717, 1.165) is 17.4 Å². The van der Waals surface area contributed by atoms with Crippen LogP contribution in [0.15, 0.2) is 29.6 Å². The van der Waals surface area contributed by atoms with Crippen LogP contribution in [0.25, 0.3) is 10.1 Å². The molecule has 2 rings (SSSR count). The molecule has 0 spiro atoms. The smallest absolute Gasteiger partial charge is 0.0345 e. The van der Waals surface area contributed by atoms with Gasteiger partial charge in [-0.25, -0.2) is 0 Å². The Morgan fingerprint density at radius 1 is 1.33 bits per heavy atom. The topological polar surface area (TPSA) is 26.0 Å². The van der Waals surface area contributed by atoms with Crippen molar-refractivity contribution >= 4 is 33.2 Å². The van der Waals surface area contributed by atoms with Crippen molar-refractivity contribution < 1.29 is 0 Å². The first kappa shape index (κ1) is 13.9. The minimum Gasteiger partial charge on any atom is -0.327 e. The van der Waals surface area contributed by atoms with Crippen molar-refractivity contribution in [1.82, 2.24) is 0 Å². The molecule has 0 aliphatic carbocycles. The van der Waals surface area contributed by atoms with Gasteiger partial charge in [0.2, 0.25) is 0 Å². The SMILES string of the molecule is CCC(C)SCC(N)Cc1csc2ccccc12. The zero-order valence-corrected chi connectivity index (χ0v) is 12.7. The molecule has 0 saturated carbocycles. The minimum atomic E-state index is 0.266. The van der Waals surface area contributed by atoms with E-state index in [-0.39, 0.29) is 6.04 Å². The first-order valence-electron chi connectivity index (χ1n) is 6.53. The third-order valence-corrected chi connectivity index (χ3v) is 5.75. The Labute approximate surface area is 118 Å². The normalized spacial score (nSPS) is 14.8. The standard InChI is InChI=1S/C15H21NS2/c1-3-11(2)17-10-13(16)8-12-9-18-15-7-5-4-6-14(12)15/h4-7,9,11,13H,3,8,10,16H2,1-2H3. The summed E-state index contributed by atoms with van der Waals surface area (Å²) < 4.78 is 1.37. The fraction of sp³-hybridized carbons (Fsp3) is 0.467. The summed E-state index contributed by atoms with van der Waals surface area (Å²) in [5.41, 5.74) is 7.65. The molecule has 3 heteroatoms. The number of thioether (sulfide) groups is 1.